The van der Waals surface area contributed by atoms with Crippen LogP contribution < -0.4 is 10.6 Å². The lowest BCUT2D eigenvalue weighted by molar-refractivity contribution is -0.120. The number of carbonyl (C=O) groups excluding carboxylic acids is 1. The average molecular weight is 395 g/mol. The van der Waals surface area contributed by atoms with E-state index in [0.717, 1.165) is 29.5 Å². The topological polar surface area (TPSA) is 80.0 Å². The molecule has 1 saturated heterocycles. The molecule has 0 aromatic carbocycles. The second kappa shape index (κ2) is 8.10. The molecule has 1 fully saturated rings. The molecule has 0 bridgehead atoms. The summed E-state index contributed by atoms with van der Waals surface area (Å²) >= 11 is 3.11. The largest absolute Gasteiger partial charge is 0.444 e. The van der Waals surface area contributed by atoms with Crippen LogP contribution in [0.25, 0.3) is 0 Å². The SMILES string of the molecule is C[C@H]1CNC[C@@H](C(=O)Nc2ncc(SCc3ncc(C(C)(C)C)o3)s2)C1. The third-order valence-electron chi connectivity index (χ3n) is 4.29. The van der Waals surface area contributed by atoms with Gasteiger partial charge in [-0.25, -0.2) is 9.97 Å². The van der Waals surface area contributed by atoms with Crippen molar-refractivity contribution in [1.82, 2.24) is 15.3 Å². The molecular formula is C18H26N4O2S2. The van der Waals surface area contributed by atoms with Crippen molar-refractivity contribution in [2.24, 2.45) is 11.8 Å². The Morgan fingerprint density at radius 2 is 2.19 bits per heavy atom. The summed E-state index contributed by atoms with van der Waals surface area (Å²) in [6, 6.07) is 0. The molecule has 0 spiro atoms. The zero-order valence-corrected chi connectivity index (χ0v) is 17.3. The minimum atomic E-state index is -0.0384. The van der Waals surface area contributed by atoms with Gasteiger partial charge in [0.1, 0.15) is 5.76 Å². The van der Waals surface area contributed by atoms with Crippen LogP contribution in [0, 0.1) is 11.8 Å². The van der Waals surface area contributed by atoms with Crippen molar-refractivity contribution in [2.75, 3.05) is 18.4 Å². The summed E-state index contributed by atoms with van der Waals surface area (Å²) in [7, 11) is 0. The summed E-state index contributed by atoms with van der Waals surface area (Å²) in [5.74, 6) is 2.84. The molecule has 142 valence electrons. The Kier molecular flexibility index (Phi) is 6.04. The van der Waals surface area contributed by atoms with Crippen molar-refractivity contribution in [1.29, 1.82) is 0 Å². The summed E-state index contributed by atoms with van der Waals surface area (Å²) < 4.78 is 6.84. The van der Waals surface area contributed by atoms with Gasteiger partial charge in [0, 0.05) is 12.0 Å². The fourth-order valence-corrected chi connectivity index (χ4v) is 4.53. The maximum Gasteiger partial charge on any atom is 0.230 e. The molecule has 0 radical (unpaired) electrons. The molecular weight excluding hydrogens is 368 g/mol. The molecule has 0 saturated carbocycles. The van der Waals surface area contributed by atoms with Crippen LogP contribution in [0.5, 0.6) is 0 Å². The zero-order chi connectivity index (χ0) is 18.7. The number of oxazole rings is 1. The lowest BCUT2D eigenvalue weighted by Crippen LogP contribution is -2.40. The zero-order valence-electron chi connectivity index (χ0n) is 15.7. The fourth-order valence-electron chi connectivity index (χ4n) is 2.80. The molecule has 2 N–H and O–H groups in total. The first-order valence-corrected chi connectivity index (χ1v) is 10.7. The van der Waals surface area contributed by atoms with E-state index in [2.05, 4.69) is 48.3 Å². The summed E-state index contributed by atoms with van der Waals surface area (Å²) in [5, 5.41) is 6.91. The van der Waals surface area contributed by atoms with Crippen LogP contribution in [-0.4, -0.2) is 29.0 Å². The minimum Gasteiger partial charge on any atom is -0.444 e. The monoisotopic (exact) mass is 394 g/mol. The molecule has 8 heteroatoms. The van der Waals surface area contributed by atoms with E-state index in [1.807, 2.05) is 0 Å². The molecule has 2 atom stereocenters. The third kappa shape index (κ3) is 5.08. The predicted molar refractivity (Wildman–Crippen MR) is 106 cm³/mol. The number of amides is 1. The Balaban J connectivity index is 1.51. The van der Waals surface area contributed by atoms with Gasteiger partial charge in [-0.05, 0) is 18.9 Å². The number of hydrogen-bond acceptors (Lipinski definition) is 7. The van der Waals surface area contributed by atoms with Gasteiger partial charge < -0.3 is 15.1 Å². The van der Waals surface area contributed by atoms with Crippen molar-refractivity contribution in [3.8, 4) is 0 Å². The van der Waals surface area contributed by atoms with Gasteiger partial charge >= 0.3 is 0 Å². The third-order valence-corrected chi connectivity index (χ3v) is 6.38. The molecule has 2 aromatic heterocycles. The van der Waals surface area contributed by atoms with Crippen LogP contribution in [0.15, 0.2) is 21.0 Å². The molecule has 1 aliphatic rings. The van der Waals surface area contributed by atoms with E-state index in [1.54, 1.807) is 24.2 Å². The smallest absolute Gasteiger partial charge is 0.230 e. The summed E-state index contributed by atoms with van der Waals surface area (Å²) in [6.45, 7) is 10.2. The van der Waals surface area contributed by atoms with Gasteiger partial charge in [0.15, 0.2) is 5.13 Å². The van der Waals surface area contributed by atoms with E-state index in [1.165, 1.54) is 11.3 Å². The number of anilines is 1. The number of rotatable bonds is 5. The maximum absolute atomic E-state index is 12.4. The number of thioether (sulfide) groups is 1. The first kappa shape index (κ1) is 19.4. The first-order chi connectivity index (χ1) is 12.3. The molecule has 3 rings (SSSR count). The molecule has 0 aliphatic carbocycles. The van der Waals surface area contributed by atoms with Gasteiger partial charge in [-0.15, -0.1) is 11.8 Å². The quantitative estimate of drug-likeness (QED) is 0.749. The second-order valence-corrected chi connectivity index (χ2v) is 10.1. The van der Waals surface area contributed by atoms with Gasteiger partial charge in [0.2, 0.25) is 11.8 Å². The summed E-state index contributed by atoms with van der Waals surface area (Å²) in [6.07, 6.45) is 4.51. The molecule has 26 heavy (non-hydrogen) atoms. The van der Waals surface area contributed by atoms with Crippen LogP contribution in [-0.2, 0) is 16.0 Å². The Labute approximate surface area is 162 Å². The molecule has 1 aliphatic heterocycles. The van der Waals surface area contributed by atoms with Crippen molar-refractivity contribution in [2.45, 2.75) is 49.5 Å². The van der Waals surface area contributed by atoms with E-state index in [-0.39, 0.29) is 17.2 Å². The minimum absolute atomic E-state index is 0.0156. The highest BCUT2D eigenvalue weighted by atomic mass is 32.2. The normalized spacial score (nSPS) is 20.9. The van der Waals surface area contributed by atoms with E-state index in [0.29, 0.717) is 22.7 Å². The van der Waals surface area contributed by atoms with E-state index in [4.69, 9.17) is 4.42 Å². The van der Waals surface area contributed by atoms with Crippen molar-refractivity contribution in [3.63, 3.8) is 0 Å². The number of thiazole rings is 1. The molecule has 0 unspecified atom stereocenters. The number of nitrogens with one attached hydrogen (secondary N) is 2. The van der Waals surface area contributed by atoms with Gasteiger partial charge in [0.05, 0.1) is 28.3 Å². The number of hydrogen-bond donors (Lipinski definition) is 2. The highest BCUT2D eigenvalue weighted by molar-refractivity contribution is 8.00. The Hall–Kier alpha value is -1.38. The van der Waals surface area contributed by atoms with Crippen molar-refractivity contribution >= 4 is 34.1 Å². The Morgan fingerprint density at radius 1 is 1.38 bits per heavy atom. The van der Waals surface area contributed by atoms with Crippen molar-refractivity contribution in [3.05, 3.63) is 24.0 Å². The van der Waals surface area contributed by atoms with E-state index in [9.17, 15) is 4.79 Å². The summed E-state index contributed by atoms with van der Waals surface area (Å²) in [4.78, 5) is 21.0. The van der Waals surface area contributed by atoms with Gasteiger partial charge in [0.25, 0.3) is 0 Å². The number of carbonyl (C=O) groups is 1. The second-order valence-electron chi connectivity index (χ2n) is 7.83. The standard InChI is InChI=1S/C18H26N4O2S2/c1-11-5-12(7-19-6-11)16(23)22-17-21-9-15(26-17)25-10-14-20-8-13(24-14)18(2,3)4/h8-9,11-12,19H,5-7,10H2,1-4H3,(H,21,22,23)/t11-,12+/m1/s1. The predicted octanol–water partition coefficient (Wildman–Crippen LogP) is 3.91. The molecule has 6 nitrogen and oxygen atoms in total. The lowest BCUT2D eigenvalue weighted by Gasteiger charge is -2.26. The van der Waals surface area contributed by atoms with Crippen LogP contribution >= 0.6 is 23.1 Å². The van der Waals surface area contributed by atoms with Gasteiger partial charge in [-0.3, -0.25) is 4.79 Å². The fraction of sp³-hybridized carbons (Fsp3) is 0.611. The van der Waals surface area contributed by atoms with Gasteiger partial charge in [-0.2, -0.15) is 0 Å². The molecule has 1 amide bonds. The van der Waals surface area contributed by atoms with Crippen LogP contribution in [0.1, 0.15) is 45.8 Å². The van der Waals surface area contributed by atoms with Crippen molar-refractivity contribution < 1.29 is 9.21 Å². The van der Waals surface area contributed by atoms with E-state index < -0.39 is 0 Å². The Morgan fingerprint density at radius 3 is 2.88 bits per heavy atom. The highest BCUT2D eigenvalue weighted by Gasteiger charge is 2.25. The molecule has 2 aromatic rings. The van der Waals surface area contributed by atoms with Crippen LogP contribution in [0.3, 0.4) is 0 Å². The number of aromatic nitrogens is 2. The number of piperidine rings is 1. The lowest BCUT2D eigenvalue weighted by atomic mass is 9.91. The van der Waals surface area contributed by atoms with Crippen LogP contribution in [0.4, 0.5) is 5.13 Å². The van der Waals surface area contributed by atoms with Crippen LogP contribution in [0.2, 0.25) is 0 Å². The Bertz CT molecular complexity index is 750. The molecule has 3 heterocycles. The maximum atomic E-state index is 12.4. The highest BCUT2D eigenvalue weighted by Crippen LogP contribution is 2.32. The number of nitrogens with zero attached hydrogens (tertiary/aromatic N) is 2. The van der Waals surface area contributed by atoms with E-state index >= 15 is 0 Å². The first-order valence-electron chi connectivity index (χ1n) is 8.86. The summed E-state index contributed by atoms with van der Waals surface area (Å²) in [5.41, 5.74) is -0.0384. The average Bonchev–Trinajstić information content (AvgIpc) is 3.21. The van der Waals surface area contributed by atoms with Gasteiger partial charge in [-0.1, -0.05) is 39.0 Å².